The lowest BCUT2D eigenvalue weighted by atomic mass is 10.1. The molecule has 12 heteroatoms. The number of carbonyl (C=O) groups is 2. The molecule has 34 heavy (non-hydrogen) atoms. The van der Waals surface area contributed by atoms with Gasteiger partial charge in [0.25, 0.3) is 0 Å². The number of likely N-dealkylation sites (tertiary alicyclic amines) is 1. The molecule has 1 saturated carbocycles. The van der Waals surface area contributed by atoms with Crippen LogP contribution in [-0.2, 0) is 22.7 Å². The number of halogens is 2. The molecule has 3 atom stereocenters. The zero-order chi connectivity index (χ0) is 24.1. The van der Waals surface area contributed by atoms with E-state index in [0.29, 0.717) is 35.0 Å². The van der Waals surface area contributed by atoms with Crippen LogP contribution in [0, 0.1) is 11.7 Å². The molecule has 5 rings (SSSR count). The minimum Gasteiger partial charge on any atom is -0.382 e. The van der Waals surface area contributed by atoms with Gasteiger partial charge in [-0.1, -0.05) is 23.7 Å². The second kappa shape index (κ2) is 8.39. The molecule has 1 saturated heterocycles. The van der Waals surface area contributed by atoms with E-state index in [1.54, 1.807) is 40.6 Å². The zero-order valence-electron chi connectivity index (χ0n) is 18.7. The lowest BCUT2D eigenvalue weighted by Crippen LogP contribution is -2.48. The first-order valence-electron chi connectivity index (χ1n) is 10.9. The molecule has 3 aromatic rings. The quantitative estimate of drug-likeness (QED) is 0.542. The summed E-state index contributed by atoms with van der Waals surface area (Å²) in [7, 11) is 3.59. The Morgan fingerprint density at radius 2 is 2.09 bits per heavy atom. The Morgan fingerprint density at radius 1 is 1.29 bits per heavy atom. The van der Waals surface area contributed by atoms with Gasteiger partial charge in [-0.2, -0.15) is 9.97 Å². The van der Waals surface area contributed by atoms with Crippen LogP contribution in [0.1, 0.15) is 18.4 Å². The first-order valence-corrected chi connectivity index (χ1v) is 11.3. The number of piperidine rings is 1. The molecule has 3 heterocycles. The van der Waals surface area contributed by atoms with Crippen LogP contribution in [0.2, 0.25) is 5.02 Å². The predicted molar refractivity (Wildman–Crippen MR) is 124 cm³/mol. The van der Waals surface area contributed by atoms with E-state index in [2.05, 4.69) is 20.3 Å². The smallest absolute Gasteiger partial charge is 0.243 e. The summed E-state index contributed by atoms with van der Waals surface area (Å²) in [5.74, 6) is -0.127. The van der Waals surface area contributed by atoms with Crippen molar-refractivity contribution in [3.05, 3.63) is 40.9 Å². The number of aromatic nitrogens is 4. The van der Waals surface area contributed by atoms with Gasteiger partial charge in [0.1, 0.15) is 23.9 Å². The lowest BCUT2D eigenvalue weighted by Gasteiger charge is -2.27. The number of hydrogen-bond acceptors (Lipinski definition) is 7. The molecular formula is C22H24ClFN8O2. The van der Waals surface area contributed by atoms with E-state index < -0.39 is 11.9 Å². The summed E-state index contributed by atoms with van der Waals surface area (Å²) in [6.07, 6.45) is 2.97. The summed E-state index contributed by atoms with van der Waals surface area (Å²) in [4.78, 5) is 42.6. The second-order valence-electron chi connectivity index (χ2n) is 8.89. The van der Waals surface area contributed by atoms with Gasteiger partial charge in [-0.3, -0.25) is 9.59 Å². The van der Waals surface area contributed by atoms with Crippen molar-refractivity contribution in [2.45, 2.75) is 38.0 Å². The average molecular weight is 487 g/mol. The summed E-state index contributed by atoms with van der Waals surface area (Å²) in [5, 5.41) is 2.76. The summed E-state index contributed by atoms with van der Waals surface area (Å²) in [5.41, 5.74) is 7.18. The van der Waals surface area contributed by atoms with Crippen molar-refractivity contribution >= 4 is 46.3 Å². The number of nitrogens with zero attached hydrogens (tertiary/aromatic N) is 6. The summed E-state index contributed by atoms with van der Waals surface area (Å²) < 4.78 is 15.8. The number of nitrogen functional groups attached to an aromatic ring is 1. The van der Waals surface area contributed by atoms with Gasteiger partial charge in [0.2, 0.25) is 17.8 Å². The first-order chi connectivity index (χ1) is 16.2. The number of hydrogen-bond donors (Lipinski definition) is 2. The number of nitrogens with one attached hydrogen (secondary N) is 1. The molecular weight excluding hydrogens is 463 g/mol. The van der Waals surface area contributed by atoms with Crippen LogP contribution in [0.15, 0.2) is 24.5 Å². The fraction of sp³-hybridized carbons (Fsp3) is 0.409. The van der Waals surface area contributed by atoms with E-state index in [1.165, 1.54) is 12.4 Å². The molecule has 1 unspecified atom stereocenters. The number of benzene rings is 1. The maximum atomic E-state index is 14.2. The van der Waals surface area contributed by atoms with Crippen LogP contribution >= 0.6 is 11.6 Å². The highest BCUT2D eigenvalue weighted by molar-refractivity contribution is 6.30. The van der Waals surface area contributed by atoms with E-state index in [4.69, 9.17) is 17.3 Å². The first kappa shape index (κ1) is 22.3. The maximum absolute atomic E-state index is 14.2. The third-order valence-electron chi connectivity index (χ3n) is 6.36. The van der Waals surface area contributed by atoms with Crippen LogP contribution in [0.4, 0.5) is 16.2 Å². The second-order valence-corrected chi connectivity index (χ2v) is 9.30. The Labute approximate surface area is 199 Å². The third-order valence-corrected chi connectivity index (χ3v) is 6.66. The van der Waals surface area contributed by atoms with Crippen molar-refractivity contribution in [1.29, 1.82) is 0 Å². The Kier molecular flexibility index (Phi) is 5.51. The van der Waals surface area contributed by atoms with Crippen LogP contribution in [-0.4, -0.2) is 62.4 Å². The molecule has 0 spiro atoms. The Balaban J connectivity index is 1.32. The maximum Gasteiger partial charge on any atom is 0.243 e. The molecule has 1 aromatic carbocycles. The van der Waals surface area contributed by atoms with Crippen LogP contribution in [0.3, 0.4) is 0 Å². The van der Waals surface area contributed by atoms with E-state index in [-0.39, 0.29) is 41.8 Å². The van der Waals surface area contributed by atoms with Gasteiger partial charge in [-0.15, -0.1) is 0 Å². The van der Waals surface area contributed by atoms with Crippen molar-refractivity contribution < 1.29 is 14.0 Å². The number of nitrogens with two attached hydrogens (primary N) is 1. The van der Waals surface area contributed by atoms with Gasteiger partial charge in [-0.25, -0.2) is 9.37 Å². The van der Waals surface area contributed by atoms with Crippen molar-refractivity contribution in [3.63, 3.8) is 0 Å². The summed E-state index contributed by atoms with van der Waals surface area (Å²) in [6.45, 7) is -0.0372. The number of imidazole rings is 1. The third kappa shape index (κ3) is 3.89. The number of anilines is 2. The van der Waals surface area contributed by atoms with Crippen molar-refractivity contribution in [2.75, 3.05) is 24.7 Å². The molecule has 2 aliphatic rings. The Morgan fingerprint density at radius 3 is 2.85 bits per heavy atom. The predicted octanol–water partition coefficient (Wildman–Crippen LogP) is 1.57. The SMILES string of the molecule is CN(C)c1nc(N)c2ncn(CC(=O)N3C4C[C@@H]4C[C@H]3C(=O)NCc3cccc(Cl)c3F)c2n1. The van der Waals surface area contributed by atoms with Gasteiger partial charge >= 0.3 is 0 Å². The standard InChI is InChI=1S/C22H24ClFN8O2/c1-30(2)22-28-19(25)18-20(29-22)31(10-27-18)9-16(33)32-14-6-12(14)7-15(32)21(34)26-8-11-4-3-5-13(23)17(11)24/h3-5,10,12,14-15H,6-9H2,1-2H3,(H,26,34)(H2,25,28,29)/t12-,14?,15+/m1/s1. The molecule has 10 nitrogen and oxygen atoms in total. The van der Waals surface area contributed by atoms with E-state index in [0.717, 1.165) is 6.42 Å². The molecule has 1 aliphatic carbocycles. The van der Waals surface area contributed by atoms with Gasteiger partial charge < -0.3 is 25.4 Å². The molecule has 2 amide bonds. The summed E-state index contributed by atoms with van der Waals surface area (Å²) in [6, 6.07) is 4.08. The fourth-order valence-corrected chi connectivity index (χ4v) is 4.73. The van der Waals surface area contributed by atoms with Crippen LogP contribution < -0.4 is 16.0 Å². The highest BCUT2D eigenvalue weighted by atomic mass is 35.5. The van der Waals surface area contributed by atoms with Crippen LogP contribution in [0.5, 0.6) is 0 Å². The summed E-state index contributed by atoms with van der Waals surface area (Å²) >= 11 is 5.82. The van der Waals surface area contributed by atoms with Gasteiger partial charge in [-0.05, 0) is 24.8 Å². The number of carbonyl (C=O) groups excluding carboxylic acids is 2. The van der Waals surface area contributed by atoms with Gasteiger partial charge in [0.15, 0.2) is 11.5 Å². The van der Waals surface area contributed by atoms with Crippen molar-refractivity contribution in [1.82, 2.24) is 29.7 Å². The molecule has 3 N–H and O–H groups in total. The van der Waals surface area contributed by atoms with E-state index in [1.807, 2.05) is 0 Å². The van der Waals surface area contributed by atoms with Crippen LogP contribution in [0.25, 0.3) is 11.2 Å². The molecule has 0 radical (unpaired) electrons. The number of rotatable bonds is 6. The normalized spacial score (nSPS) is 20.9. The van der Waals surface area contributed by atoms with E-state index in [9.17, 15) is 14.0 Å². The average Bonchev–Trinajstić information content (AvgIpc) is 3.27. The Bertz CT molecular complexity index is 1300. The number of amides is 2. The molecule has 178 valence electrons. The van der Waals surface area contributed by atoms with E-state index >= 15 is 0 Å². The van der Waals surface area contributed by atoms with Gasteiger partial charge in [0.05, 0.1) is 11.3 Å². The highest BCUT2D eigenvalue weighted by Gasteiger charge is 2.55. The molecule has 2 fully saturated rings. The minimum atomic E-state index is -0.606. The Hall–Kier alpha value is -3.47. The zero-order valence-corrected chi connectivity index (χ0v) is 19.5. The monoisotopic (exact) mass is 486 g/mol. The topological polar surface area (TPSA) is 122 Å². The highest BCUT2D eigenvalue weighted by Crippen LogP contribution is 2.48. The lowest BCUT2D eigenvalue weighted by molar-refractivity contribution is -0.140. The largest absolute Gasteiger partial charge is 0.382 e. The van der Waals surface area contributed by atoms with Gasteiger partial charge in [0, 0.05) is 32.2 Å². The fourth-order valence-electron chi connectivity index (χ4n) is 4.53. The molecule has 2 aromatic heterocycles. The minimum absolute atomic E-state index is 0.0000863. The molecule has 0 bridgehead atoms. The molecule has 1 aliphatic heterocycles. The van der Waals surface area contributed by atoms with Crippen molar-refractivity contribution in [2.24, 2.45) is 5.92 Å². The van der Waals surface area contributed by atoms with Crippen molar-refractivity contribution in [3.8, 4) is 0 Å². The number of fused-ring (bicyclic) bond motifs is 2.